The van der Waals surface area contributed by atoms with Gasteiger partial charge in [-0.1, -0.05) is 17.7 Å². The van der Waals surface area contributed by atoms with Gasteiger partial charge in [0, 0.05) is 39.2 Å². The van der Waals surface area contributed by atoms with E-state index in [0.29, 0.717) is 56.4 Å². The van der Waals surface area contributed by atoms with Crippen molar-refractivity contribution in [2.45, 2.75) is 12.0 Å². The normalized spacial score (nSPS) is 25.3. The number of hydrogen-bond donors (Lipinski definition) is 1. The van der Waals surface area contributed by atoms with E-state index in [-0.39, 0.29) is 5.91 Å². The molecule has 0 aromatic heterocycles. The predicted octanol–water partition coefficient (Wildman–Crippen LogP) is 0.978. The van der Waals surface area contributed by atoms with Crippen LogP contribution in [0.1, 0.15) is 12.0 Å². The number of rotatable bonds is 3. The summed E-state index contributed by atoms with van der Waals surface area (Å²) in [4.78, 5) is 16.2. The fourth-order valence-corrected chi connectivity index (χ4v) is 3.63. The van der Waals surface area contributed by atoms with E-state index in [9.17, 15) is 10.1 Å². The Kier molecular flexibility index (Phi) is 4.44. The molecule has 2 aliphatic heterocycles. The van der Waals surface area contributed by atoms with Crippen LogP contribution in [-0.4, -0.2) is 55.7 Å². The molecule has 2 heterocycles. The standard InChI is InChI=1S/C16H19ClN4O2/c17-13-2-1-3-14(12(13)10-18)20-5-7-21(8-6-20)16(15(19)22)4-9-23-11-16/h1-3H,4-9,11H2,(H2,19,22). The van der Waals surface area contributed by atoms with Gasteiger partial charge in [0.15, 0.2) is 0 Å². The Morgan fingerprint density at radius 1 is 1.35 bits per heavy atom. The van der Waals surface area contributed by atoms with Crippen molar-refractivity contribution in [3.63, 3.8) is 0 Å². The summed E-state index contributed by atoms with van der Waals surface area (Å²) in [5.74, 6) is -0.316. The first kappa shape index (κ1) is 16.1. The highest BCUT2D eigenvalue weighted by atomic mass is 35.5. The summed E-state index contributed by atoms with van der Waals surface area (Å²) in [6.07, 6.45) is 0.642. The first-order chi connectivity index (χ1) is 11.1. The zero-order chi connectivity index (χ0) is 16.4. The number of nitrogens with zero attached hydrogens (tertiary/aromatic N) is 3. The molecular weight excluding hydrogens is 316 g/mol. The fraction of sp³-hybridized carbons (Fsp3) is 0.500. The third-order valence-electron chi connectivity index (χ3n) is 4.79. The summed E-state index contributed by atoms with van der Waals surface area (Å²) >= 11 is 6.11. The monoisotopic (exact) mass is 334 g/mol. The number of carbonyl (C=O) groups is 1. The minimum atomic E-state index is -0.682. The molecule has 1 atom stereocenters. The maximum Gasteiger partial charge on any atom is 0.240 e. The van der Waals surface area contributed by atoms with Gasteiger partial charge in [-0.2, -0.15) is 5.26 Å². The summed E-state index contributed by atoms with van der Waals surface area (Å²) in [6.45, 7) is 3.75. The predicted molar refractivity (Wildman–Crippen MR) is 87.3 cm³/mol. The van der Waals surface area contributed by atoms with E-state index in [4.69, 9.17) is 22.1 Å². The lowest BCUT2D eigenvalue weighted by Gasteiger charge is -2.44. The summed E-state index contributed by atoms with van der Waals surface area (Å²) in [6, 6.07) is 7.65. The third-order valence-corrected chi connectivity index (χ3v) is 5.10. The van der Waals surface area contributed by atoms with E-state index < -0.39 is 5.54 Å². The van der Waals surface area contributed by atoms with Crippen molar-refractivity contribution in [3.8, 4) is 6.07 Å². The topological polar surface area (TPSA) is 82.6 Å². The molecule has 1 aromatic carbocycles. The minimum Gasteiger partial charge on any atom is -0.379 e. The summed E-state index contributed by atoms with van der Waals surface area (Å²) in [5.41, 5.74) is 6.30. The van der Waals surface area contributed by atoms with Gasteiger partial charge in [0.25, 0.3) is 0 Å². The second-order valence-corrected chi connectivity index (χ2v) is 6.33. The van der Waals surface area contributed by atoms with E-state index in [0.717, 1.165) is 5.69 Å². The van der Waals surface area contributed by atoms with E-state index in [2.05, 4.69) is 15.9 Å². The van der Waals surface area contributed by atoms with E-state index in [1.807, 2.05) is 12.1 Å². The van der Waals surface area contributed by atoms with Crippen LogP contribution in [0.15, 0.2) is 18.2 Å². The van der Waals surface area contributed by atoms with Crippen molar-refractivity contribution >= 4 is 23.2 Å². The Morgan fingerprint density at radius 2 is 2.09 bits per heavy atom. The highest BCUT2D eigenvalue weighted by Gasteiger charge is 2.46. The van der Waals surface area contributed by atoms with Gasteiger partial charge in [-0.3, -0.25) is 9.69 Å². The quantitative estimate of drug-likeness (QED) is 0.891. The molecule has 7 heteroatoms. The Balaban J connectivity index is 1.76. The number of nitriles is 1. The maximum atomic E-state index is 11.9. The van der Waals surface area contributed by atoms with Crippen LogP contribution in [0.25, 0.3) is 0 Å². The van der Waals surface area contributed by atoms with Crippen molar-refractivity contribution in [2.75, 3.05) is 44.3 Å². The largest absolute Gasteiger partial charge is 0.379 e. The van der Waals surface area contributed by atoms with Crippen molar-refractivity contribution in [1.82, 2.24) is 4.90 Å². The second kappa shape index (κ2) is 6.36. The van der Waals surface area contributed by atoms with Crippen LogP contribution in [0, 0.1) is 11.3 Å². The van der Waals surface area contributed by atoms with Crippen LogP contribution in [-0.2, 0) is 9.53 Å². The average Bonchev–Trinajstić information content (AvgIpc) is 3.06. The molecule has 0 saturated carbocycles. The molecule has 2 fully saturated rings. The molecule has 6 nitrogen and oxygen atoms in total. The van der Waals surface area contributed by atoms with Gasteiger partial charge in [-0.05, 0) is 12.1 Å². The summed E-state index contributed by atoms with van der Waals surface area (Å²) < 4.78 is 5.42. The smallest absolute Gasteiger partial charge is 0.240 e. The summed E-state index contributed by atoms with van der Waals surface area (Å²) in [7, 11) is 0. The van der Waals surface area contributed by atoms with Crippen LogP contribution in [0.5, 0.6) is 0 Å². The van der Waals surface area contributed by atoms with Crippen LogP contribution in [0.3, 0.4) is 0 Å². The molecular formula is C16H19ClN4O2. The molecule has 3 rings (SSSR count). The highest BCUT2D eigenvalue weighted by molar-refractivity contribution is 6.32. The number of primary amides is 1. The van der Waals surface area contributed by atoms with Gasteiger partial charge >= 0.3 is 0 Å². The summed E-state index contributed by atoms with van der Waals surface area (Å²) in [5, 5.41) is 9.78. The second-order valence-electron chi connectivity index (χ2n) is 5.92. The van der Waals surface area contributed by atoms with Gasteiger partial charge in [0.05, 0.1) is 22.9 Å². The molecule has 2 N–H and O–H groups in total. The molecule has 122 valence electrons. The third kappa shape index (κ3) is 2.76. The van der Waals surface area contributed by atoms with Crippen LogP contribution < -0.4 is 10.6 Å². The van der Waals surface area contributed by atoms with Crippen LogP contribution >= 0.6 is 11.6 Å². The van der Waals surface area contributed by atoms with E-state index >= 15 is 0 Å². The number of piperazine rings is 1. The van der Waals surface area contributed by atoms with Crippen molar-refractivity contribution in [3.05, 3.63) is 28.8 Å². The number of ether oxygens (including phenoxy) is 1. The average molecular weight is 335 g/mol. The SMILES string of the molecule is N#Cc1c(Cl)cccc1N1CCN(C2(C(N)=O)CCOC2)CC1. The highest BCUT2D eigenvalue weighted by Crippen LogP contribution is 2.31. The van der Waals surface area contributed by atoms with Crippen LogP contribution in [0.2, 0.25) is 5.02 Å². The fourth-order valence-electron chi connectivity index (χ4n) is 3.42. The molecule has 1 unspecified atom stereocenters. The molecule has 2 saturated heterocycles. The molecule has 1 amide bonds. The van der Waals surface area contributed by atoms with E-state index in [1.54, 1.807) is 6.07 Å². The number of amides is 1. The number of carbonyl (C=O) groups excluding carboxylic acids is 1. The Hall–Kier alpha value is -1.81. The number of hydrogen-bond acceptors (Lipinski definition) is 5. The molecule has 1 aromatic rings. The molecule has 0 aliphatic carbocycles. The number of nitrogens with two attached hydrogens (primary N) is 1. The van der Waals surface area contributed by atoms with Crippen LogP contribution in [0.4, 0.5) is 5.69 Å². The maximum absolute atomic E-state index is 11.9. The zero-order valence-corrected chi connectivity index (χ0v) is 13.6. The molecule has 23 heavy (non-hydrogen) atoms. The molecule has 2 aliphatic rings. The Morgan fingerprint density at radius 3 is 2.65 bits per heavy atom. The van der Waals surface area contributed by atoms with Gasteiger partial charge in [0.1, 0.15) is 11.6 Å². The minimum absolute atomic E-state index is 0.316. The number of halogens is 1. The molecule has 0 bridgehead atoms. The lowest BCUT2D eigenvalue weighted by atomic mass is 9.94. The van der Waals surface area contributed by atoms with Crippen molar-refractivity contribution in [2.24, 2.45) is 5.73 Å². The zero-order valence-electron chi connectivity index (χ0n) is 12.8. The van der Waals surface area contributed by atoms with Crippen molar-refractivity contribution in [1.29, 1.82) is 5.26 Å². The molecule has 0 spiro atoms. The first-order valence-electron chi connectivity index (χ1n) is 7.65. The number of benzene rings is 1. The van der Waals surface area contributed by atoms with Crippen molar-refractivity contribution < 1.29 is 9.53 Å². The Labute approximate surface area is 140 Å². The van der Waals surface area contributed by atoms with Gasteiger partial charge in [-0.15, -0.1) is 0 Å². The van der Waals surface area contributed by atoms with Gasteiger partial charge in [-0.25, -0.2) is 0 Å². The number of anilines is 1. The Bertz CT molecular complexity index is 644. The molecule has 0 radical (unpaired) electrons. The van der Waals surface area contributed by atoms with Gasteiger partial charge in [0.2, 0.25) is 5.91 Å². The van der Waals surface area contributed by atoms with Gasteiger partial charge < -0.3 is 15.4 Å². The lowest BCUT2D eigenvalue weighted by molar-refractivity contribution is -0.130. The first-order valence-corrected chi connectivity index (χ1v) is 8.02. The van der Waals surface area contributed by atoms with E-state index in [1.165, 1.54) is 0 Å². The lowest BCUT2D eigenvalue weighted by Crippen LogP contribution is -2.63.